The van der Waals surface area contributed by atoms with Gasteiger partial charge in [-0.05, 0) is 94.6 Å². The number of aliphatic hydroxyl groups is 1. The first-order chi connectivity index (χ1) is 20.8. The molecule has 0 radical (unpaired) electrons. The summed E-state index contributed by atoms with van der Waals surface area (Å²) in [5, 5.41) is 11.2. The zero-order valence-corrected chi connectivity index (χ0v) is 24.7. The topological polar surface area (TPSA) is 132 Å². The van der Waals surface area contributed by atoms with Crippen molar-refractivity contribution in [2.24, 2.45) is 0 Å². The first kappa shape index (κ1) is 29.1. The van der Waals surface area contributed by atoms with Crippen LogP contribution in [-0.4, -0.2) is 80.6 Å². The Morgan fingerprint density at radius 3 is 2.63 bits per heavy atom. The normalized spacial score (nSPS) is 15.9. The Kier molecular flexibility index (Phi) is 8.34. The molecule has 2 aromatic carbocycles. The molecule has 0 unspecified atom stereocenters. The predicted molar refractivity (Wildman–Crippen MR) is 164 cm³/mol. The fourth-order valence-corrected chi connectivity index (χ4v) is 6.06. The fourth-order valence-electron chi connectivity index (χ4n) is 5.90. The highest BCUT2D eigenvalue weighted by Gasteiger charge is 2.36. The van der Waals surface area contributed by atoms with Crippen LogP contribution in [0.15, 0.2) is 47.4 Å². The summed E-state index contributed by atoms with van der Waals surface area (Å²) in [4.78, 5) is 53.5. The standard InChI is InChI=1S/C32H34ClN5O5/c1-19-24(33)6-4-7-27(19)43-18-21(39)9-8-20-10-11-34-30(40)28(20)29-35-25-16-22-23(17-26(25)36-29)32(42)38(31(22)41)15-5-14-37-12-2-3-13-37/h4,6-7,10-11,16-17,21,39H,2-3,5,8-9,12-15,18H2,1H3,(H,34,40)(H,35,36)/t21-/m1/s1. The van der Waals surface area contributed by atoms with Crippen LogP contribution in [0.4, 0.5) is 0 Å². The van der Waals surface area contributed by atoms with Gasteiger partial charge in [0.15, 0.2) is 0 Å². The molecule has 224 valence electrons. The zero-order valence-electron chi connectivity index (χ0n) is 24.0. The number of aliphatic hydroxyl groups excluding tert-OH is 1. The molecule has 43 heavy (non-hydrogen) atoms. The Bertz CT molecular complexity index is 1690. The van der Waals surface area contributed by atoms with E-state index < -0.39 is 6.10 Å². The van der Waals surface area contributed by atoms with E-state index in [2.05, 4.69) is 19.9 Å². The number of hydrogen-bond donors (Lipinski definition) is 3. The Hall–Kier alpha value is -3.99. The van der Waals surface area contributed by atoms with Crippen LogP contribution in [0.3, 0.4) is 0 Å². The van der Waals surface area contributed by atoms with Gasteiger partial charge in [-0.15, -0.1) is 0 Å². The molecule has 2 aliphatic heterocycles. The van der Waals surface area contributed by atoms with Gasteiger partial charge in [0.25, 0.3) is 17.4 Å². The number of nitrogens with zero attached hydrogens (tertiary/aromatic N) is 3. The number of carbonyl (C=O) groups is 2. The summed E-state index contributed by atoms with van der Waals surface area (Å²) in [6.07, 6.45) is 4.67. The number of imidazole rings is 1. The van der Waals surface area contributed by atoms with Gasteiger partial charge in [0.05, 0.1) is 33.8 Å². The number of amides is 2. The molecule has 0 spiro atoms. The molecule has 3 N–H and O–H groups in total. The minimum atomic E-state index is -0.778. The maximum atomic E-state index is 13.2. The number of H-pyrrole nitrogens is 2. The van der Waals surface area contributed by atoms with E-state index >= 15 is 0 Å². The molecule has 2 aliphatic rings. The van der Waals surface area contributed by atoms with Crippen molar-refractivity contribution in [1.29, 1.82) is 0 Å². The van der Waals surface area contributed by atoms with Gasteiger partial charge in [-0.3, -0.25) is 19.3 Å². The first-order valence-electron chi connectivity index (χ1n) is 14.7. The van der Waals surface area contributed by atoms with Gasteiger partial charge in [0, 0.05) is 23.3 Å². The van der Waals surface area contributed by atoms with E-state index in [1.807, 2.05) is 6.92 Å². The summed E-state index contributed by atoms with van der Waals surface area (Å²) in [6, 6.07) is 10.4. The van der Waals surface area contributed by atoms with E-state index in [0.717, 1.165) is 31.6 Å². The number of benzene rings is 2. The van der Waals surface area contributed by atoms with Gasteiger partial charge in [0.1, 0.15) is 18.2 Å². The van der Waals surface area contributed by atoms with Crippen LogP contribution in [0.5, 0.6) is 5.75 Å². The molecule has 0 aliphatic carbocycles. The van der Waals surface area contributed by atoms with Crippen molar-refractivity contribution in [3.8, 4) is 17.1 Å². The molecule has 4 aromatic rings. The Morgan fingerprint density at radius 2 is 1.84 bits per heavy atom. The molecule has 6 rings (SSSR count). The van der Waals surface area contributed by atoms with Crippen molar-refractivity contribution >= 4 is 34.4 Å². The third kappa shape index (κ3) is 5.95. The van der Waals surface area contributed by atoms with Crippen LogP contribution in [0.1, 0.15) is 57.5 Å². The van der Waals surface area contributed by atoms with E-state index in [1.165, 1.54) is 17.7 Å². The highest BCUT2D eigenvalue weighted by Crippen LogP contribution is 2.30. The van der Waals surface area contributed by atoms with Crippen molar-refractivity contribution in [2.45, 2.75) is 45.1 Å². The summed E-state index contributed by atoms with van der Waals surface area (Å²) in [6.45, 7) is 5.34. The molecule has 1 atom stereocenters. The van der Waals surface area contributed by atoms with Crippen molar-refractivity contribution in [3.63, 3.8) is 0 Å². The predicted octanol–water partition coefficient (Wildman–Crippen LogP) is 4.33. The van der Waals surface area contributed by atoms with Crippen LogP contribution >= 0.6 is 11.6 Å². The molecule has 2 aromatic heterocycles. The van der Waals surface area contributed by atoms with Crippen LogP contribution in [-0.2, 0) is 6.42 Å². The lowest BCUT2D eigenvalue weighted by Gasteiger charge is -2.17. The molecule has 0 bridgehead atoms. The van der Waals surface area contributed by atoms with E-state index in [0.29, 0.717) is 69.3 Å². The first-order valence-corrected chi connectivity index (χ1v) is 15.1. The number of ether oxygens (including phenoxy) is 1. The van der Waals surface area contributed by atoms with Gasteiger partial charge in [-0.25, -0.2) is 4.98 Å². The monoisotopic (exact) mass is 603 g/mol. The van der Waals surface area contributed by atoms with Crippen LogP contribution in [0, 0.1) is 6.92 Å². The summed E-state index contributed by atoms with van der Waals surface area (Å²) in [5.74, 6) is 0.329. The highest BCUT2D eigenvalue weighted by atomic mass is 35.5. The molecule has 4 heterocycles. The number of aromatic nitrogens is 3. The zero-order chi connectivity index (χ0) is 30.1. The van der Waals surface area contributed by atoms with Gasteiger partial charge >= 0.3 is 0 Å². The third-order valence-electron chi connectivity index (χ3n) is 8.31. The van der Waals surface area contributed by atoms with Crippen molar-refractivity contribution in [1.82, 2.24) is 24.8 Å². The van der Waals surface area contributed by atoms with Crippen LogP contribution in [0.2, 0.25) is 5.02 Å². The Balaban J connectivity index is 1.16. The fraction of sp³-hybridized carbons (Fsp3) is 0.375. The number of hydrogen-bond acceptors (Lipinski definition) is 7. The molecule has 1 fully saturated rings. The lowest BCUT2D eigenvalue weighted by Crippen LogP contribution is -2.33. The minimum absolute atomic E-state index is 0.0766. The van der Waals surface area contributed by atoms with E-state index in [1.54, 1.807) is 42.6 Å². The quantitative estimate of drug-likeness (QED) is 0.217. The maximum absolute atomic E-state index is 13.2. The molecule has 1 saturated heterocycles. The van der Waals surface area contributed by atoms with E-state index in [-0.39, 0.29) is 24.0 Å². The summed E-state index contributed by atoms with van der Waals surface area (Å²) < 4.78 is 5.77. The van der Waals surface area contributed by atoms with Crippen molar-refractivity contribution in [3.05, 3.63) is 80.2 Å². The second-order valence-corrected chi connectivity index (χ2v) is 11.6. The average molecular weight is 604 g/mol. The molecular weight excluding hydrogens is 570 g/mol. The lowest BCUT2D eigenvalue weighted by molar-refractivity contribution is 0.0648. The van der Waals surface area contributed by atoms with Gasteiger partial charge in [-0.2, -0.15) is 0 Å². The van der Waals surface area contributed by atoms with Crippen LogP contribution in [0.25, 0.3) is 22.4 Å². The summed E-state index contributed by atoms with van der Waals surface area (Å²) >= 11 is 6.16. The molecule has 2 amide bonds. The summed E-state index contributed by atoms with van der Waals surface area (Å²) in [5.41, 5.74) is 3.25. The Labute approximate surface area is 253 Å². The second-order valence-electron chi connectivity index (χ2n) is 11.2. The number of aromatic amines is 2. The third-order valence-corrected chi connectivity index (χ3v) is 8.72. The van der Waals surface area contributed by atoms with Crippen LogP contribution < -0.4 is 10.3 Å². The van der Waals surface area contributed by atoms with Crippen molar-refractivity contribution in [2.75, 3.05) is 32.8 Å². The molecule has 11 heteroatoms. The van der Waals surface area contributed by atoms with E-state index in [9.17, 15) is 19.5 Å². The highest BCUT2D eigenvalue weighted by molar-refractivity contribution is 6.31. The number of pyridine rings is 1. The van der Waals surface area contributed by atoms with Gasteiger partial charge in [0.2, 0.25) is 0 Å². The number of fused-ring (bicyclic) bond motifs is 2. The number of nitrogens with one attached hydrogen (secondary N) is 2. The van der Waals surface area contributed by atoms with Gasteiger partial charge in [-0.1, -0.05) is 17.7 Å². The van der Waals surface area contributed by atoms with E-state index in [4.69, 9.17) is 16.3 Å². The number of aryl methyl sites for hydroxylation is 1. The minimum Gasteiger partial charge on any atom is -0.491 e. The Morgan fingerprint density at radius 1 is 1.07 bits per heavy atom. The smallest absolute Gasteiger partial charge is 0.261 e. The number of halogens is 1. The number of likely N-dealkylation sites (tertiary alicyclic amines) is 1. The molecule has 10 nitrogen and oxygen atoms in total. The molecular formula is C32H34ClN5O5. The molecule has 0 saturated carbocycles. The SMILES string of the molecule is Cc1c(Cl)cccc1OC[C@H](O)CCc1cc[nH]c(=O)c1-c1nc2cc3c(cc2[nH]1)C(=O)N(CCCN1CCCC1)C3=O. The largest absolute Gasteiger partial charge is 0.491 e. The average Bonchev–Trinajstić information content (AvgIpc) is 3.71. The summed E-state index contributed by atoms with van der Waals surface area (Å²) in [7, 11) is 0. The van der Waals surface area contributed by atoms with Gasteiger partial charge < -0.3 is 24.7 Å². The lowest BCUT2D eigenvalue weighted by atomic mass is 10.0. The maximum Gasteiger partial charge on any atom is 0.261 e. The number of carbonyl (C=O) groups excluding carboxylic acids is 2. The second kappa shape index (κ2) is 12.3. The number of rotatable bonds is 11. The number of imide groups is 1. The van der Waals surface area contributed by atoms with Crippen molar-refractivity contribution < 1.29 is 19.4 Å².